The zero-order valence-corrected chi connectivity index (χ0v) is 14.9. The first-order chi connectivity index (χ1) is 11.9. The van der Waals surface area contributed by atoms with E-state index in [0.717, 1.165) is 24.5 Å². The van der Waals surface area contributed by atoms with Crippen LogP contribution in [0.3, 0.4) is 0 Å². The van der Waals surface area contributed by atoms with Crippen LogP contribution in [0.4, 0.5) is 18.9 Å². The van der Waals surface area contributed by atoms with Gasteiger partial charge in [-0.3, -0.25) is 0 Å². The zero-order chi connectivity index (χ0) is 17.6. The van der Waals surface area contributed by atoms with Gasteiger partial charge in [0.1, 0.15) is 0 Å². The number of hydrogen-bond acceptors (Lipinski definition) is 2. The maximum atomic E-state index is 13.2. The highest BCUT2D eigenvalue weighted by Crippen LogP contribution is 2.52. The van der Waals surface area contributed by atoms with Gasteiger partial charge in [-0.15, -0.1) is 0 Å². The molecule has 0 bridgehead atoms. The first-order valence-corrected chi connectivity index (χ1v) is 9.08. The van der Waals surface area contributed by atoms with Crippen LogP contribution >= 0.6 is 15.9 Å². The number of fused-ring (bicyclic) bond motifs is 3. The lowest BCUT2D eigenvalue weighted by Crippen LogP contribution is -2.36. The molecule has 1 saturated heterocycles. The van der Waals surface area contributed by atoms with E-state index in [-0.39, 0.29) is 18.1 Å². The van der Waals surface area contributed by atoms with Crippen LogP contribution in [0.25, 0.3) is 0 Å². The Morgan fingerprint density at radius 3 is 2.60 bits per heavy atom. The Bertz CT molecular complexity index is 778. The summed E-state index contributed by atoms with van der Waals surface area (Å²) in [6.45, 7) is 0.579. The number of benzene rings is 2. The molecule has 2 aromatic carbocycles. The Labute approximate surface area is 152 Å². The minimum Gasteiger partial charge on any atom is -0.377 e. The van der Waals surface area contributed by atoms with Crippen molar-refractivity contribution >= 4 is 21.6 Å². The molecule has 1 fully saturated rings. The van der Waals surface area contributed by atoms with Crippen molar-refractivity contribution in [3.05, 3.63) is 63.6 Å². The van der Waals surface area contributed by atoms with Gasteiger partial charge in [-0.1, -0.05) is 30.3 Å². The van der Waals surface area contributed by atoms with Crippen LogP contribution in [0.5, 0.6) is 0 Å². The summed E-state index contributed by atoms with van der Waals surface area (Å²) in [4.78, 5) is 0. The van der Waals surface area contributed by atoms with Crippen LogP contribution in [-0.2, 0) is 10.9 Å². The number of anilines is 1. The van der Waals surface area contributed by atoms with Crippen molar-refractivity contribution in [3.63, 3.8) is 0 Å². The van der Waals surface area contributed by atoms with Gasteiger partial charge in [0, 0.05) is 22.6 Å². The number of halogens is 4. The Balaban J connectivity index is 1.83. The van der Waals surface area contributed by atoms with Crippen LogP contribution in [0, 0.1) is 5.92 Å². The van der Waals surface area contributed by atoms with Gasteiger partial charge >= 0.3 is 6.18 Å². The summed E-state index contributed by atoms with van der Waals surface area (Å²) >= 11 is 3.32. The summed E-state index contributed by atoms with van der Waals surface area (Å²) in [5, 5.41) is 3.47. The smallest absolute Gasteiger partial charge is 0.377 e. The highest BCUT2D eigenvalue weighted by atomic mass is 79.9. The molecule has 4 rings (SSSR count). The molecule has 2 aliphatic rings. The highest BCUT2D eigenvalue weighted by molar-refractivity contribution is 9.10. The van der Waals surface area contributed by atoms with E-state index in [1.54, 1.807) is 0 Å². The summed E-state index contributed by atoms with van der Waals surface area (Å²) < 4.78 is 46.0. The van der Waals surface area contributed by atoms with E-state index in [1.807, 2.05) is 30.3 Å². The maximum absolute atomic E-state index is 13.2. The zero-order valence-electron chi connectivity index (χ0n) is 13.3. The molecule has 2 aliphatic heterocycles. The van der Waals surface area contributed by atoms with Crippen LogP contribution < -0.4 is 5.32 Å². The summed E-state index contributed by atoms with van der Waals surface area (Å²) in [6.07, 6.45) is -2.86. The van der Waals surface area contributed by atoms with Gasteiger partial charge in [0.15, 0.2) is 0 Å². The average molecular weight is 412 g/mol. The Hall–Kier alpha value is -1.53. The van der Waals surface area contributed by atoms with Gasteiger partial charge in [0.2, 0.25) is 0 Å². The third kappa shape index (κ3) is 3.06. The van der Waals surface area contributed by atoms with Crippen LogP contribution in [0.2, 0.25) is 0 Å². The molecule has 0 amide bonds. The van der Waals surface area contributed by atoms with Crippen molar-refractivity contribution in [2.45, 2.75) is 31.2 Å². The molecule has 0 radical (unpaired) electrons. The summed E-state index contributed by atoms with van der Waals surface area (Å²) in [7, 11) is 0. The van der Waals surface area contributed by atoms with Crippen LogP contribution in [0.15, 0.2) is 46.9 Å². The fourth-order valence-corrected chi connectivity index (χ4v) is 4.48. The van der Waals surface area contributed by atoms with Crippen molar-refractivity contribution in [3.8, 4) is 0 Å². The lowest BCUT2D eigenvalue weighted by molar-refractivity contribution is -0.137. The highest BCUT2D eigenvalue weighted by Gasteiger charge is 2.42. The van der Waals surface area contributed by atoms with Gasteiger partial charge in [0.05, 0.1) is 23.4 Å². The van der Waals surface area contributed by atoms with Gasteiger partial charge in [-0.2, -0.15) is 13.2 Å². The molecule has 1 N–H and O–H groups in total. The lowest BCUT2D eigenvalue weighted by Gasteiger charge is -2.44. The Morgan fingerprint density at radius 2 is 1.88 bits per heavy atom. The normalized spacial score (nSPS) is 25.7. The lowest BCUT2D eigenvalue weighted by atomic mass is 9.77. The van der Waals surface area contributed by atoms with E-state index in [4.69, 9.17) is 4.74 Å². The first kappa shape index (κ1) is 16.9. The van der Waals surface area contributed by atoms with Gasteiger partial charge in [-0.25, -0.2) is 0 Å². The molecule has 132 valence electrons. The molecule has 0 unspecified atom stereocenters. The SMILES string of the molecule is FC(F)(F)c1cc(Br)c2c(c1)[C@H]1OCCC[C@H]1[C@H](c1ccccc1)N2. The molecule has 3 atom stereocenters. The predicted molar refractivity (Wildman–Crippen MR) is 93.4 cm³/mol. The van der Waals surface area contributed by atoms with Gasteiger partial charge < -0.3 is 10.1 Å². The van der Waals surface area contributed by atoms with Crippen molar-refractivity contribution in [2.75, 3.05) is 11.9 Å². The number of ether oxygens (including phenoxy) is 1. The van der Waals surface area contributed by atoms with E-state index in [0.29, 0.717) is 22.3 Å². The molecule has 0 aliphatic carbocycles. The molecule has 6 heteroatoms. The van der Waals surface area contributed by atoms with Crippen molar-refractivity contribution in [1.82, 2.24) is 0 Å². The topological polar surface area (TPSA) is 21.3 Å². The molecular weight excluding hydrogens is 395 g/mol. The number of hydrogen-bond donors (Lipinski definition) is 1. The Morgan fingerprint density at radius 1 is 1.12 bits per heavy atom. The monoisotopic (exact) mass is 411 g/mol. The van der Waals surface area contributed by atoms with E-state index in [1.165, 1.54) is 6.07 Å². The van der Waals surface area contributed by atoms with E-state index in [2.05, 4.69) is 21.2 Å². The predicted octanol–water partition coefficient (Wildman–Crippen LogP) is 6.10. The number of rotatable bonds is 1. The quantitative estimate of drug-likeness (QED) is 0.611. The van der Waals surface area contributed by atoms with Gasteiger partial charge in [-0.05, 0) is 46.5 Å². The largest absolute Gasteiger partial charge is 0.416 e. The standard InChI is InChI=1S/C19H17BrF3NO/c20-15-10-12(19(21,22)23)9-14-17(15)24-16(11-5-2-1-3-6-11)13-7-4-8-25-18(13)14/h1-3,5-6,9-10,13,16,18,24H,4,7-8H2/t13-,16-,18-/m0/s1. The third-order valence-corrected chi connectivity index (χ3v) is 5.63. The second-order valence-electron chi connectivity index (χ2n) is 6.55. The van der Waals surface area contributed by atoms with E-state index >= 15 is 0 Å². The van der Waals surface area contributed by atoms with Crippen LogP contribution in [0.1, 0.15) is 41.7 Å². The van der Waals surface area contributed by atoms with Crippen molar-refractivity contribution in [1.29, 1.82) is 0 Å². The summed E-state index contributed by atoms with van der Waals surface area (Å²) in [6, 6.07) is 12.4. The van der Waals surface area contributed by atoms with E-state index in [9.17, 15) is 13.2 Å². The molecule has 2 nitrogen and oxygen atoms in total. The summed E-state index contributed by atoms with van der Waals surface area (Å²) in [5.41, 5.74) is 1.77. The first-order valence-electron chi connectivity index (χ1n) is 8.29. The van der Waals surface area contributed by atoms with Gasteiger partial charge in [0.25, 0.3) is 0 Å². The molecule has 0 saturated carbocycles. The second-order valence-corrected chi connectivity index (χ2v) is 7.40. The molecule has 2 aromatic rings. The molecule has 25 heavy (non-hydrogen) atoms. The molecule has 2 heterocycles. The minimum atomic E-state index is -4.38. The molecular formula is C19H17BrF3NO. The summed E-state index contributed by atoms with van der Waals surface area (Å²) in [5.74, 6) is 0.110. The average Bonchev–Trinajstić information content (AvgIpc) is 2.61. The van der Waals surface area contributed by atoms with Crippen LogP contribution in [-0.4, -0.2) is 6.61 Å². The van der Waals surface area contributed by atoms with E-state index < -0.39 is 11.7 Å². The fourth-order valence-electron chi connectivity index (χ4n) is 3.89. The number of alkyl halides is 3. The number of nitrogens with one attached hydrogen (secondary N) is 1. The fraction of sp³-hybridized carbons (Fsp3) is 0.368. The minimum absolute atomic E-state index is 0.0204. The van der Waals surface area contributed by atoms with Crippen molar-refractivity contribution in [2.24, 2.45) is 5.92 Å². The van der Waals surface area contributed by atoms with Crippen molar-refractivity contribution < 1.29 is 17.9 Å². The second kappa shape index (κ2) is 6.32. The molecule has 0 aromatic heterocycles. The molecule has 0 spiro atoms. The Kier molecular flexibility index (Phi) is 4.28. The maximum Gasteiger partial charge on any atom is 0.416 e. The third-order valence-electron chi connectivity index (χ3n) is 5.01.